The number of aromatic nitrogens is 3. The molecule has 0 spiro atoms. The van der Waals surface area contributed by atoms with Gasteiger partial charge in [-0.05, 0) is 48.8 Å². The summed E-state index contributed by atoms with van der Waals surface area (Å²) in [5, 5.41) is 12.2. The number of aliphatic hydroxyl groups excluding tert-OH is 1. The van der Waals surface area contributed by atoms with Gasteiger partial charge in [0.05, 0.1) is 11.8 Å². The summed E-state index contributed by atoms with van der Waals surface area (Å²) in [6.45, 7) is -2.76. The fourth-order valence-corrected chi connectivity index (χ4v) is 3.59. The maximum Gasteiger partial charge on any atom is 0.416 e. The van der Waals surface area contributed by atoms with Crippen molar-refractivity contribution in [2.45, 2.75) is 19.1 Å². The molecule has 0 aliphatic carbocycles. The summed E-state index contributed by atoms with van der Waals surface area (Å²) in [5.41, 5.74) is 3.04. The molecule has 4 aromatic rings. The van der Waals surface area contributed by atoms with Gasteiger partial charge in [0, 0.05) is 15.4 Å². The van der Waals surface area contributed by atoms with Crippen LogP contribution < -0.4 is 11.1 Å². The molecule has 0 radical (unpaired) electrons. The van der Waals surface area contributed by atoms with Crippen molar-refractivity contribution >= 4 is 34.5 Å². The van der Waals surface area contributed by atoms with Crippen LogP contribution >= 0.6 is 11.6 Å². The van der Waals surface area contributed by atoms with Crippen LogP contribution in [0.2, 0.25) is 5.15 Å². The van der Waals surface area contributed by atoms with Crippen molar-refractivity contribution in [3.63, 3.8) is 0 Å². The summed E-state index contributed by atoms with van der Waals surface area (Å²) < 4.78 is 91.8. The first-order valence-corrected chi connectivity index (χ1v) is 9.95. The molecule has 0 saturated carbocycles. The van der Waals surface area contributed by atoms with Crippen molar-refractivity contribution in [3.8, 4) is 11.3 Å². The van der Waals surface area contributed by atoms with E-state index in [0.29, 0.717) is 12.1 Å². The Kier molecular flexibility index (Phi) is 5.17. The number of rotatable bonds is 4. The molecular weight excluding hydrogens is 497 g/mol. The third-order valence-corrected chi connectivity index (χ3v) is 5.21. The van der Waals surface area contributed by atoms with E-state index >= 15 is 4.39 Å². The number of imidazole rings is 1. The van der Waals surface area contributed by atoms with Crippen LogP contribution in [0.15, 0.2) is 42.6 Å². The number of benzene rings is 2. The van der Waals surface area contributed by atoms with E-state index in [1.807, 2.05) is 0 Å². The first kappa shape index (κ1) is 20.6. The van der Waals surface area contributed by atoms with E-state index in [1.165, 1.54) is 0 Å². The van der Waals surface area contributed by atoms with Crippen LogP contribution in [0.4, 0.5) is 33.5 Å². The number of nitrogens with one attached hydrogen (secondary N) is 1. The van der Waals surface area contributed by atoms with E-state index in [4.69, 9.17) is 21.4 Å². The third-order valence-electron chi connectivity index (χ3n) is 4.95. The first-order chi connectivity index (χ1) is 17.6. The van der Waals surface area contributed by atoms with E-state index in [-0.39, 0.29) is 39.5 Å². The Balaban J connectivity index is 1.68. The molecule has 2 aromatic carbocycles. The number of nitrogens with two attached hydrogens (primary N) is 1. The average molecular weight is 515 g/mol. The smallest absolute Gasteiger partial charge is 0.382 e. The summed E-state index contributed by atoms with van der Waals surface area (Å²) >= 11 is 6.09. The number of halogens is 6. The quantitative estimate of drug-likeness (QED) is 0.336. The standard InChI is InChI=1S/C22H15ClF5N5O2/c1-9-31-17(18-20(29)30-8-16(23)33(9)18)14-3-2-13(7-15(14)25)32-21(35)19(34)10-4-11(22(26,27)28)6-12(24)5-10/h2-8,19,34H,1H3,(H2,29,30)(H,32,35)/t19-/m0/s1/i1D3. The second-order valence-corrected chi connectivity index (χ2v) is 7.68. The Hall–Kier alpha value is -3.77. The molecule has 4 N–H and O–H groups in total. The summed E-state index contributed by atoms with van der Waals surface area (Å²) in [6.07, 6.45) is -6.05. The number of aryl methyl sites for hydroxylation is 1. The highest BCUT2D eigenvalue weighted by Gasteiger charge is 2.32. The van der Waals surface area contributed by atoms with Crippen molar-refractivity contribution < 1.29 is 36.0 Å². The number of nitrogens with zero attached hydrogens (tertiary/aromatic N) is 3. The van der Waals surface area contributed by atoms with Crippen LogP contribution in [-0.4, -0.2) is 25.4 Å². The number of hydrogen-bond acceptors (Lipinski definition) is 5. The number of carbonyl (C=O) groups is 1. The van der Waals surface area contributed by atoms with Gasteiger partial charge in [0.2, 0.25) is 0 Å². The normalized spacial score (nSPS) is 14.3. The van der Waals surface area contributed by atoms with Gasteiger partial charge < -0.3 is 16.2 Å². The number of carbonyl (C=O) groups excluding carboxylic acids is 1. The molecule has 35 heavy (non-hydrogen) atoms. The first-order valence-electron chi connectivity index (χ1n) is 11.1. The van der Waals surface area contributed by atoms with E-state index in [1.54, 1.807) is 0 Å². The number of alkyl halides is 3. The topological polar surface area (TPSA) is 106 Å². The van der Waals surface area contributed by atoms with Crippen molar-refractivity contribution in [1.82, 2.24) is 14.4 Å². The number of anilines is 2. The Morgan fingerprint density at radius 3 is 2.66 bits per heavy atom. The summed E-state index contributed by atoms with van der Waals surface area (Å²) in [4.78, 5) is 20.3. The minimum absolute atomic E-state index is 0.0821. The minimum Gasteiger partial charge on any atom is -0.382 e. The number of amides is 1. The van der Waals surface area contributed by atoms with Gasteiger partial charge in [-0.15, -0.1) is 0 Å². The molecule has 2 aromatic heterocycles. The van der Waals surface area contributed by atoms with Gasteiger partial charge in [0.15, 0.2) is 6.10 Å². The molecule has 0 saturated heterocycles. The average Bonchev–Trinajstić information content (AvgIpc) is 3.22. The maximum absolute atomic E-state index is 15.1. The predicted octanol–water partition coefficient (Wildman–Crippen LogP) is 4.91. The lowest BCUT2D eigenvalue weighted by Gasteiger charge is -2.15. The molecular formula is C22H15ClF5N5O2. The van der Waals surface area contributed by atoms with Crippen LogP contribution in [-0.2, 0) is 11.0 Å². The SMILES string of the molecule is [2H]C([2H])([2H])c1nc(-c2ccc(NC(=O)[C@@H](O)c3cc(F)cc(C(F)(F)F)c3)cc2F)c2c(N)ncc(Cl)n12. The van der Waals surface area contributed by atoms with Crippen LogP contribution in [0.1, 0.15) is 27.2 Å². The van der Waals surface area contributed by atoms with Crippen LogP contribution in [0.3, 0.4) is 0 Å². The van der Waals surface area contributed by atoms with Gasteiger partial charge in [-0.25, -0.2) is 18.7 Å². The second-order valence-electron chi connectivity index (χ2n) is 7.29. The molecule has 182 valence electrons. The number of hydrogen-bond donors (Lipinski definition) is 3. The lowest BCUT2D eigenvalue weighted by Crippen LogP contribution is -2.21. The predicted molar refractivity (Wildman–Crippen MR) is 118 cm³/mol. The van der Waals surface area contributed by atoms with Crippen molar-refractivity contribution in [2.24, 2.45) is 0 Å². The molecule has 13 heteroatoms. The fraction of sp³-hybridized carbons (Fsp3) is 0.136. The number of fused-ring (bicyclic) bond motifs is 1. The number of nitrogen functional groups attached to an aromatic ring is 1. The van der Waals surface area contributed by atoms with E-state index < -0.39 is 53.6 Å². The van der Waals surface area contributed by atoms with Crippen molar-refractivity contribution in [1.29, 1.82) is 0 Å². The summed E-state index contributed by atoms with van der Waals surface area (Å²) in [6, 6.07) is 4.24. The fourth-order valence-electron chi connectivity index (χ4n) is 3.37. The Morgan fingerprint density at radius 2 is 2.00 bits per heavy atom. The molecule has 0 aliphatic heterocycles. The van der Waals surface area contributed by atoms with Gasteiger partial charge in [0.25, 0.3) is 5.91 Å². The Labute approximate surface area is 203 Å². The second kappa shape index (κ2) is 8.78. The molecule has 4 rings (SSSR count). The monoisotopic (exact) mass is 514 g/mol. The van der Waals surface area contributed by atoms with Gasteiger partial charge >= 0.3 is 6.18 Å². The molecule has 2 heterocycles. The van der Waals surface area contributed by atoms with Crippen molar-refractivity contribution in [3.05, 3.63) is 76.3 Å². The van der Waals surface area contributed by atoms with E-state index in [0.717, 1.165) is 28.8 Å². The van der Waals surface area contributed by atoms with Crippen molar-refractivity contribution in [2.75, 3.05) is 11.1 Å². The molecule has 0 unspecified atom stereocenters. The summed E-state index contributed by atoms with van der Waals surface area (Å²) in [7, 11) is 0. The Bertz CT molecular complexity index is 1580. The van der Waals surface area contributed by atoms with Crippen LogP contribution in [0, 0.1) is 18.5 Å². The molecule has 7 nitrogen and oxygen atoms in total. The van der Waals surface area contributed by atoms with E-state index in [9.17, 15) is 27.5 Å². The van der Waals surface area contributed by atoms with Gasteiger partial charge in [-0.1, -0.05) is 11.6 Å². The molecule has 0 aliphatic rings. The third kappa shape index (κ3) is 4.62. The highest BCUT2D eigenvalue weighted by Crippen LogP contribution is 2.34. The van der Waals surface area contributed by atoms with Crippen LogP contribution in [0.25, 0.3) is 16.8 Å². The molecule has 1 amide bonds. The van der Waals surface area contributed by atoms with E-state index in [2.05, 4.69) is 15.3 Å². The maximum atomic E-state index is 15.1. The zero-order chi connectivity index (χ0) is 28.2. The lowest BCUT2D eigenvalue weighted by atomic mass is 10.0. The van der Waals surface area contributed by atoms with Crippen LogP contribution in [0.5, 0.6) is 0 Å². The molecule has 0 bridgehead atoms. The minimum atomic E-state index is -4.92. The number of aliphatic hydroxyl groups is 1. The largest absolute Gasteiger partial charge is 0.416 e. The van der Waals surface area contributed by atoms with Gasteiger partial charge in [-0.2, -0.15) is 13.2 Å². The van der Waals surface area contributed by atoms with Gasteiger partial charge in [-0.3, -0.25) is 9.20 Å². The zero-order valence-corrected chi connectivity index (χ0v) is 17.9. The van der Waals surface area contributed by atoms with Gasteiger partial charge in [0.1, 0.15) is 39.6 Å². The molecule has 0 fully saturated rings. The zero-order valence-electron chi connectivity index (χ0n) is 20.2. The highest BCUT2D eigenvalue weighted by molar-refractivity contribution is 6.29. The molecule has 1 atom stereocenters. The highest BCUT2D eigenvalue weighted by atomic mass is 35.5. The summed E-state index contributed by atoms with van der Waals surface area (Å²) in [5.74, 6) is -4.31. The lowest BCUT2D eigenvalue weighted by molar-refractivity contribution is -0.138. The Morgan fingerprint density at radius 1 is 1.26 bits per heavy atom.